The van der Waals surface area contributed by atoms with Crippen molar-refractivity contribution in [1.29, 1.82) is 0 Å². The van der Waals surface area contributed by atoms with Crippen molar-refractivity contribution in [3.8, 4) is 0 Å². The molecule has 129 heavy (non-hydrogen) atoms. The van der Waals surface area contributed by atoms with Crippen LogP contribution in [-0.4, -0.2) is 286 Å². The maximum atomic E-state index is 12.5. The van der Waals surface area contributed by atoms with Crippen LogP contribution in [-0.2, 0) is 57.5 Å². The van der Waals surface area contributed by atoms with E-state index in [2.05, 4.69) is 0 Å². The Balaban J connectivity index is 0.000000132. The van der Waals surface area contributed by atoms with Gasteiger partial charge in [0.2, 0.25) is 41.4 Å². The topological polar surface area (TPSA) is 682 Å². The van der Waals surface area contributed by atoms with Gasteiger partial charge in [-0.2, -0.15) is 0 Å². The molecule has 6 fully saturated rings. The first-order valence-electron chi connectivity index (χ1n) is 38.0. The minimum atomic E-state index is -1.26. The number of imide groups is 12. The molecule has 658 valence electrons. The summed E-state index contributed by atoms with van der Waals surface area (Å²) in [6.07, 6.45) is -1.61. The standard InChI is InChI=1S/C14H11N3O6.C14H13N3O4.2C13H9N3O6.C13H11N3O4.C12H7N3O6/c1-2-15-10(18)6-9(13(15)20)16-12(19)7-4-3-5-8(17(22)23)11(7)14(16)21;1-2-16-10(18)6-9(13(16)20)17-12(19)7-4-3-5-8(15)11(7)14(17)21;2*1-14-9(17)5-8(12(14)19)15-11(18)6-3-2-4-7(16(21)22)10(6)13(15)20;1-15-9(17)5-8(12(15)19)16-11(18)6-3-2-4-7(14)10(6)13(16)20;16-8-4-7(10(17)13-8)14-11(18)5-2-1-3-6(15(20)21)9(5)12(14)19/h3-5,9H,2,6H2,1H3;3-5,9H,2,6,15H2,1H3;2*2-4,8H,5H2,1H3;2-4,8H,5,14H2,1H3;1-3,7H,4H2,(H,13,16,17). The third kappa shape index (κ3) is 14.5. The van der Waals surface area contributed by atoms with Crippen LogP contribution in [0, 0.1) is 40.5 Å². The number of anilines is 2. The molecule has 0 aromatic heterocycles. The van der Waals surface area contributed by atoms with Crippen molar-refractivity contribution in [2.45, 2.75) is 88.6 Å². The number of nitrogens with two attached hydrogens (primary N) is 2. The zero-order valence-corrected chi connectivity index (χ0v) is 66.9. The lowest BCUT2D eigenvalue weighted by Gasteiger charge is -2.20. The summed E-state index contributed by atoms with van der Waals surface area (Å²) in [4.78, 5) is 339. The summed E-state index contributed by atoms with van der Waals surface area (Å²) in [5.74, 6) is -16.0. The molecule has 6 atom stereocenters. The molecule has 50 nitrogen and oxygen atoms in total. The van der Waals surface area contributed by atoms with E-state index >= 15 is 0 Å². The molecule has 0 saturated carbocycles. The lowest BCUT2D eigenvalue weighted by atomic mass is 10.1. The first kappa shape index (κ1) is 89.0. The second kappa shape index (κ2) is 33.5. The van der Waals surface area contributed by atoms with Crippen LogP contribution in [0.25, 0.3) is 0 Å². The summed E-state index contributed by atoms with van der Waals surface area (Å²) >= 11 is 0. The average Bonchev–Trinajstić information content (AvgIpc) is 1.63. The Morgan fingerprint density at radius 1 is 0.287 bits per heavy atom. The van der Waals surface area contributed by atoms with E-state index in [0.717, 1.165) is 58.6 Å². The number of benzene rings is 6. The summed E-state index contributed by atoms with van der Waals surface area (Å²) in [5.41, 5.74) is 8.52. The van der Waals surface area contributed by atoms with E-state index in [9.17, 15) is 156 Å². The number of nitrogens with one attached hydrogen (secondary N) is 1. The van der Waals surface area contributed by atoms with E-state index in [1.807, 2.05) is 5.32 Å². The molecule has 24 amide bonds. The minimum absolute atomic E-state index is 0.104. The SMILES string of the molecule is CCN1C(=O)CC(N2C(=O)c3cccc(N)c3C2=O)C1=O.CCN1C(=O)CC(N2C(=O)c3cccc([N+](=O)[O-])c3C2=O)C1=O.CN1C(=O)CC(N2C(=O)c3cccc(N)c3C2=O)C1=O.CN1C(=O)CC(N2C(=O)c3cccc([N+](=O)[O-])c3C2=O)C1=O.CN1C(=O)CC(N2C(=O)c3cccc([N+](=O)[O-])c3C2=O)C1=O.O=C1CC(N2C(=O)c3cccc([N+](=O)[O-])c3C2=O)C(=O)N1. The van der Waals surface area contributed by atoms with E-state index in [-0.39, 0.29) is 136 Å². The first-order chi connectivity index (χ1) is 60.9. The Morgan fingerprint density at radius 3 is 0.690 bits per heavy atom. The van der Waals surface area contributed by atoms with Gasteiger partial charge in [-0.15, -0.1) is 0 Å². The molecule has 6 unspecified atom stereocenters. The molecule has 0 radical (unpaired) electrons. The summed E-state index contributed by atoms with van der Waals surface area (Å²) in [7, 11) is 3.84. The largest absolute Gasteiger partial charge is 0.398 e. The number of hydrogen-bond donors (Lipinski definition) is 3. The second-order valence-corrected chi connectivity index (χ2v) is 29.3. The quantitative estimate of drug-likeness (QED) is 0.0600. The van der Waals surface area contributed by atoms with Crippen LogP contribution in [0.4, 0.5) is 34.1 Å². The number of likely N-dealkylation sites (tertiary alicyclic amines) is 5. The normalized spacial score (nSPS) is 21.0. The molecule has 6 saturated heterocycles. The predicted octanol–water partition coefficient (Wildman–Crippen LogP) is -0.525. The Labute approximate surface area is 717 Å². The maximum Gasteiger partial charge on any atom is 0.282 e. The van der Waals surface area contributed by atoms with Crippen molar-refractivity contribution >= 4 is 176 Å². The lowest BCUT2D eigenvalue weighted by Crippen LogP contribution is -2.45. The molecule has 6 aromatic rings. The fourth-order valence-electron chi connectivity index (χ4n) is 16.1. The van der Waals surface area contributed by atoms with E-state index in [1.165, 1.54) is 93.9 Å². The van der Waals surface area contributed by atoms with Crippen molar-refractivity contribution in [2.24, 2.45) is 0 Å². The summed E-state index contributed by atoms with van der Waals surface area (Å²) in [6.45, 7) is 3.63. The highest BCUT2D eigenvalue weighted by Gasteiger charge is 2.57. The number of likely N-dealkylation sites (N-methyl/N-ethyl adjacent to an activating group) is 5. The molecule has 12 heterocycles. The van der Waals surface area contributed by atoms with Crippen LogP contribution in [0.15, 0.2) is 109 Å². The van der Waals surface area contributed by atoms with Crippen molar-refractivity contribution in [3.05, 3.63) is 216 Å². The number of amides is 24. The third-order valence-corrected chi connectivity index (χ3v) is 22.4. The van der Waals surface area contributed by atoms with Gasteiger partial charge >= 0.3 is 0 Å². The fourth-order valence-corrected chi connectivity index (χ4v) is 16.1. The summed E-state index contributed by atoms with van der Waals surface area (Å²) in [6, 6.07) is 16.8. The highest BCUT2D eigenvalue weighted by Crippen LogP contribution is 2.41. The lowest BCUT2D eigenvalue weighted by molar-refractivity contribution is -0.385. The Morgan fingerprint density at radius 2 is 0.496 bits per heavy atom. The van der Waals surface area contributed by atoms with Gasteiger partial charge in [0.05, 0.1) is 103 Å². The van der Waals surface area contributed by atoms with Gasteiger partial charge in [-0.25, -0.2) is 0 Å². The molecule has 18 rings (SSSR count). The third-order valence-electron chi connectivity index (χ3n) is 22.4. The van der Waals surface area contributed by atoms with E-state index < -0.39 is 215 Å². The molecule has 12 aliphatic heterocycles. The van der Waals surface area contributed by atoms with Crippen molar-refractivity contribution < 1.29 is 135 Å². The molecular formula is C79H60N18O32. The number of carbonyl (C=O) groups excluding carboxylic acids is 24. The average molecular weight is 1770 g/mol. The van der Waals surface area contributed by atoms with Crippen molar-refractivity contribution in [1.82, 2.24) is 59.2 Å². The van der Waals surface area contributed by atoms with Crippen molar-refractivity contribution in [2.75, 3.05) is 45.7 Å². The Bertz CT molecular complexity index is 6270. The monoisotopic (exact) mass is 1770 g/mol. The number of fused-ring (bicyclic) bond motifs is 6. The molecule has 6 aromatic carbocycles. The van der Waals surface area contributed by atoms with Crippen LogP contribution in [0.3, 0.4) is 0 Å². The van der Waals surface area contributed by atoms with Crippen LogP contribution in [0.2, 0.25) is 0 Å². The van der Waals surface area contributed by atoms with E-state index in [4.69, 9.17) is 11.5 Å². The number of nitro benzene ring substituents is 4. The van der Waals surface area contributed by atoms with Gasteiger partial charge in [-0.3, -0.25) is 215 Å². The van der Waals surface area contributed by atoms with E-state index in [1.54, 1.807) is 26.0 Å². The molecule has 12 aliphatic rings. The number of nitro groups is 4. The van der Waals surface area contributed by atoms with Crippen LogP contribution in [0.1, 0.15) is 177 Å². The zero-order chi connectivity index (χ0) is 94.5. The molecule has 50 heteroatoms. The Kier molecular flexibility index (Phi) is 23.1. The zero-order valence-electron chi connectivity index (χ0n) is 66.9. The predicted molar refractivity (Wildman–Crippen MR) is 419 cm³/mol. The summed E-state index contributed by atoms with van der Waals surface area (Å²) < 4.78 is 0. The Hall–Kier alpha value is -17.8. The van der Waals surface area contributed by atoms with Crippen LogP contribution < -0.4 is 16.8 Å². The van der Waals surface area contributed by atoms with Gasteiger partial charge in [0.25, 0.3) is 123 Å². The fraction of sp³-hybridized carbons (Fsp3) is 0.241. The maximum absolute atomic E-state index is 12.5. The van der Waals surface area contributed by atoms with Crippen molar-refractivity contribution in [3.63, 3.8) is 0 Å². The molecule has 0 bridgehead atoms. The number of nitrogen functional groups attached to an aromatic ring is 2. The highest BCUT2D eigenvalue weighted by molar-refractivity contribution is 6.31. The summed E-state index contributed by atoms with van der Waals surface area (Å²) in [5, 5.41) is 46.0. The van der Waals surface area contributed by atoms with Gasteiger partial charge < -0.3 is 11.5 Å². The van der Waals surface area contributed by atoms with Gasteiger partial charge in [0, 0.05) is 69.9 Å². The molecular weight excluding hydrogens is 1710 g/mol. The van der Waals surface area contributed by atoms with Crippen LogP contribution in [0.5, 0.6) is 0 Å². The molecule has 5 N–H and O–H groups in total. The van der Waals surface area contributed by atoms with Gasteiger partial charge in [0.15, 0.2) is 0 Å². The smallest absolute Gasteiger partial charge is 0.282 e. The van der Waals surface area contributed by atoms with E-state index in [0.29, 0.717) is 19.6 Å². The van der Waals surface area contributed by atoms with Gasteiger partial charge in [0.1, 0.15) is 58.5 Å². The number of rotatable bonds is 12. The van der Waals surface area contributed by atoms with Gasteiger partial charge in [-0.1, -0.05) is 36.4 Å². The molecule has 0 spiro atoms. The number of carbonyl (C=O) groups is 24. The first-order valence-corrected chi connectivity index (χ1v) is 38.0. The second-order valence-electron chi connectivity index (χ2n) is 29.3. The number of nitrogens with zero attached hydrogens (tertiary/aromatic N) is 15. The minimum Gasteiger partial charge on any atom is -0.398 e. The van der Waals surface area contributed by atoms with Gasteiger partial charge in [-0.05, 0) is 62.4 Å². The van der Waals surface area contributed by atoms with Crippen LogP contribution >= 0.6 is 0 Å². The molecule has 0 aliphatic carbocycles. The number of hydrogen-bond acceptors (Lipinski definition) is 34. The highest BCUT2D eigenvalue weighted by atomic mass is 16.6.